The van der Waals surface area contributed by atoms with E-state index in [9.17, 15) is 14.5 Å². The van der Waals surface area contributed by atoms with Gasteiger partial charge in [0.25, 0.3) is 0 Å². The molecule has 152 valence electrons. The van der Waals surface area contributed by atoms with E-state index < -0.39 is 19.0 Å². The zero-order valence-electron chi connectivity index (χ0n) is 16.7. The number of benzene rings is 1. The summed E-state index contributed by atoms with van der Waals surface area (Å²) in [5, 5.41) is 13.4. The number of nitrogens with zero attached hydrogens (tertiary/aromatic N) is 1. The molecule has 8 heteroatoms. The van der Waals surface area contributed by atoms with Gasteiger partial charge in [-0.25, -0.2) is 9.76 Å². The number of nitrogens with one attached hydrogen (secondary N) is 1. The molecular weight excluding hydrogens is 387 g/mol. The first-order chi connectivity index (χ1) is 12.5. The second-order valence-corrected chi connectivity index (χ2v) is 10.7. The predicted octanol–water partition coefficient (Wildman–Crippen LogP) is 4.19. The molecule has 6 nitrogen and oxygen atoms in total. The number of carbonyl (C=O) groups is 1. The van der Waals surface area contributed by atoms with Gasteiger partial charge in [0.2, 0.25) is 7.44 Å². The van der Waals surface area contributed by atoms with E-state index in [1.54, 1.807) is 20.8 Å². The number of aliphatic carboxylic acids is 1. The quantitative estimate of drug-likeness (QED) is 0.649. The van der Waals surface area contributed by atoms with Crippen molar-refractivity contribution in [1.29, 1.82) is 0 Å². The lowest BCUT2D eigenvalue weighted by Gasteiger charge is -2.39. The molecule has 1 heterocycles. The van der Waals surface area contributed by atoms with Crippen molar-refractivity contribution >= 4 is 25.0 Å². The van der Waals surface area contributed by atoms with Crippen LogP contribution in [0.1, 0.15) is 44.7 Å². The fourth-order valence-corrected chi connectivity index (χ4v) is 6.36. The lowest BCUT2D eigenvalue weighted by molar-refractivity contribution is -0.145. The topological polar surface area (TPSA) is 78.9 Å². The summed E-state index contributed by atoms with van der Waals surface area (Å²) in [5.74, 6) is -1.16. The standard InChI is InChI=1S/C19H30ClN2O4P/c1-13(2)19(4,18(23)24)21-27(25,12-26-5)22-9-8-15-6-7-16(20)10-17(15)14(3)11-22/h6-7,10,13-14H,8-9,11-12H2,1-5H3,(H,21,25)(H,23,24)/t14-,19-,27?/m0/s1. The van der Waals surface area contributed by atoms with Gasteiger partial charge in [0.1, 0.15) is 11.9 Å². The molecule has 2 rings (SSSR count). The lowest BCUT2D eigenvalue weighted by atomic mass is 9.90. The van der Waals surface area contributed by atoms with Crippen LogP contribution in [-0.4, -0.2) is 47.8 Å². The van der Waals surface area contributed by atoms with Gasteiger partial charge in [-0.3, -0.25) is 9.36 Å². The van der Waals surface area contributed by atoms with Crippen LogP contribution >= 0.6 is 19.0 Å². The van der Waals surface area contributed by atoms with Gasteiger partial charge >= 0.3 is 5.97 Å². The number of hydrogen-bond acceptors (Lipinski definition) is 3. The van der Waals surface area contributed by atoms with Crippen molar-refractivity contribution in [2.24, 2.45) is 5.92 Å². The van der Waals surface area contributed by atoms with Crippen LogP contribution in [0.3, 0.4) is 0 Å². The zero-order valence-corrected chi connectivity index (χ0v) is 18.3. The van der Waals surface area contributed by atoms with E-state index in [1.165, 1.54) is 12.7 Å². The average Bonchev–Trinajstić information content (AvgIpc) is 2.74. The van der Waals surface area contributed by atoms with Crippen molar-refractivity contribution in [2.75, 3.05) is 26.5 Å². The molecule has 2 N–H and O–H groups in total. The SMILES string of the molecule is COCP(=O)(N[C@](C)(C(=O)O)C(C)C)N1CCc2ccc(Cl)cc2[C@@H](C)C1. The molecular formula is C19H30ClN2O4P. The van der Waals surface area contributed by atoms with Crippen LogP contribution in [0.15, 0.2) is 18.2 Å². The first-order valence-corrected chi connectivity index (χ1v) is 11.4. The highest BCUT2D eigenvalue weighted by Gasteiger charge is 2.45. The number of methoxy groups -OCH3 is 1. The van der Waals surface area contributed by atoms with Crippen molar-refractivity contribution in [1.82, 2.24) is 9.76 Å². The predicted molar refractivity (Wildman–Crippen MR) is 109 cm³/mol. The van der Waals surface area contributed by atoms with Crippen molar-refractivity contribution in [3.63, 3.8) is 0 Å². The molecule has 0 amide bonds. The van der Waals surface area contributed by atoms with Crippen molar-refractivity contribution in [2.45, 2.75) is 45.6 Å². The molecule has 0 fully saturated rings. The third kappa shape index (κ3) is 4.75. The largest absolute Gasteiger partial charge is 0.480 e. The molecule has 27 heavy (non-hydrogen) atoms. The summed E-state index contributed by atoms with van der Waals surface area (Å²) in [6, 6.07) is 5.85. The average molecular weight is 417 g/mol. The minimum Gasteiger partial charge on any atom is -0.480 e. The third-order valence-corrected chi connectivity index (χ3v) is 8.46. The molecule has 3 atom stereocenters. The molecule has 1 aliphatic rings. The fourth-order valence-electron chi connectivity index (χ4n) is 3.45. The van der Waals surface area contributed by atoms with E-state index in [4.69, 9.17) is 16.3 Å². The Morgan fingerprint density at radius 2 is 2.19 bits per heavy atom. The van der Waals surface area contributed by atoms with E-state index in [0.717, 1.165) is 12.0 Å². The van der Waals surface area contributed by atoms with E-state index in [1.807, 2.05) is 22.9 Å². The highest BCUT2D eigenvalue weighted by Crippen LogP contribution is 2.50. The number of carboxylic acid groups (broad SMARTS) is 1. The van der Waals surface area contributed by atoms with Crippen molar-refractivity contribution < 1.29 is 19.2 Å². The number of fused-ring (bicyclic) bond motifs is 1. The first kappa shape index (κ1) is 22.4. The van der Waals surface area contributed by atoms with Crippen LogP contribution in [0, 0.1) is 5.92 Å². The van der Waals surface area contributed by atoms with E-state index >= 15 is 0 Å². The van der Waals surface area contributed by atoms with Crippen LogP contribution in [0.25, 0.3) is 0 Å². The van der Waals surface area contributed by atoms with Gasteiger partial charge in [-0.1, -0.05) is 38.4 Å². The molecule has 1 aromatic rings. The second kappa shape index (κ2) is 8.62. The van der Waals surface area contributed by atoms with Gasteiger partial charge in [0.05, 0.1) is 0 Å². The van der Waals surface area contributed by atoms with E-state index in [-0.39, 0.29) is 18.2 Å². The molecule has 0 radical (unpaired) electrons. The van der Waals surface area contributed by atoms with Crippen LogP contribution in [-0.2, 0) is 20.5 Å². The molecule has 1 aromatic carbocycles. The fraction of sp³-hybridized carbons (Fsp3) is 0.632. The first-order valence-electron chi connectivity index (χ1n) is 9.18. The number of ether oxygens (including phenoxy) is 1. The molecule has 0 spiro atoms. The van der Waals surface area contributed by atoms with Crippen LogP contribution in [0.5, 0.6) is 0 Å². The summed E-state index contributed by atoms with van der Waals surface area (Å²) in [6.45, 7) is 8.36. The van der Waals surface area contributed by atoms with Gasteiger partial charge in [0, 0.05) is 25.2 Å². The maximum atomic E-state index is 13.9. The number of rotatable bonds is 7. The Bertz CT molecular complexity index is 742. The number of carboxylic acids is 1. The highest BCUT2D eigenvalue weighted by atomic mass is 35.5. The summed E-state index contributed by atoms with van der Waals surface area (Å²) in [7, 11) is -1.80. The summed E-state index contributed by atoms with van der Waals surface area (Å²) in [6.07, 6.45) is 0.671. The monoisotopic (exact) mass is 416 g/mol. The third-order valence-electron chi connectivity index (χ3n) is 5.53. The van der Waals surface area contributed by atoms with Crippen molar-refractivity contribution in [3.05, 3.63) is 34.3 Å². The summed E-state index contributed by atoms with van der Waals surface area (Å²) in [5.41, 5.74) is 1.02. The maximum absolute atomic E-state index is 13.9. The molecule has 0 aromatic heterocycles. The Balaban J connectivity index is 2.36. The highest BCUT2D eigenvalue weighted by molar-refractivity contribution is 7.59. The van der Waals surface area contributed by atoms with Gasteiger partial charge < -0.3 is 9.84 Å². The minimum atomic E-state index is -3.28. The molecule has 0 aliphatic carbocycles. The van der Waals surface area contributed by atoms with Gasteiger partial charge in [-0.15, -0.1) is 0 Å². The summed E-state index contributed by atoms with van der Waals surface area (Å²) >= 11 is 6.16. The smallest absolute Gasteiger partial charge is 0.324 e. The lowest BCUT2D eigenvalue weighted by Crippen LogP contribution is -2.54. The van der Waals surface area contributed by atoms with Crippen LogP contribution < -0.4 is 5.09 Å². The number of hydrogen-bond donors (Lipinski definition) is 2. The Hall–Kier alpha value is -0.910. The van der Waals surface area contributed by atoms with Gasteiger partial charge in [-0.2, -0.15) is 0 Å². The van der Waals surface area contributed by atoms with Crippen LogP contribution in [0.2, 0.25) is 5.02 Å². The minimum absolute atomic E-state index is 0.0492. The van der Waals surface area contributed by atoms with E-state index in [2.05, 4.69) is 12.0 Å². The summed E-state index contributed by atoms with van der Waals surface area (Å²) < 4.78 is 21.0. The van der Waals surface area contributed by atoms with Crippen molar-refractivity contribution in [3.8, 4) is 0 Å². The van der Waals surface area contributed by atoms with Gasteiger partial charge in [0.15, 0.2) is 0 Å². The second-order valence-electron chi connectivity index (χ2n) is 7.80. The van der Waals surface area contributed by atoms with Crippen LogP contribution in [0.4, 0.5) is 0 Å². The Kier molecular flexibility index (Phi) is 7.15. The summed E-state index contributed by atoms with van der Waals surface area (Å²) in [4.78, 5) is 11.9. The molecule has 1 aliphatic heterocycles. The maximum Gasteiger partial charge on any atom is 0.324 e. The normalized spacial score (nSPS) is 22.6. The molecule has 1 unspecified atom stereocenters. The number of halogens is 1. The van der Waals surface area contributed by atoms with E-state index in [0.29, 0.717) is 18.1 Å². The molecule has 0 bridgehead atoms. The zero-order chi connectivity index (χ0) is 20.4. The Morgan fingerprint density at radius 1 is 1.52 bits per heavy atom. The Morgan fingerprint density at radius 3 is 2.74 bits per heavy atom. The molecule has 0 saturated heterocycles. The Labute approximate surface area is 166 Å². The molecule has 0 saturated carbocycles. The van der Waals surface area contributed by atoms with Gasteiger partial charge in [-0.05, 0) is 48.4 Å².